The topological polar surface area (TPSA) is 32.3 Å². The van der Waals surface area contributed by atoms with Crippen molar-refractivity contribution in [3.63, 3.8) is 0 Å². The van der Waals surface area contributed by atoms with E-state index < -0.39 is 0 Å². The smallest absolute Gasteiger partial charge is 0.225 e. The number of benzene rings is 2. The molecule has 152 valence electrons. The number of para-hydroxylation sites is 1. The van der Waals surface area contributed by atoms with Crippen molar-refractivity contribution >= 4 is 44.7 Å². The van der Waals surface area contributed by atoms with Crippen LogP contribution in [0.15, 0.2) is 53.9 Å². The zero-order chi connectivity index (χ0) is 20.7. The standard InChI is InChI=1S/C23H20ClFN4S/c1-15-6-8-16(9-7-15)17-14-30-22-20(17)21(26-23(24)27-22)29-12-10-28(11-13-29)19-5-3-2-4-18(19)25/h2-9,14H,10-13H2,1H3. The second-order valence-corrected chi connectivity index (χ2v) is 8.63. The number of aromatic nitrogens is 2. The summed E-state index contributed by atoms with van der Waals surface area (Å²) in [6, 6.07) is 15.4. The van der Waals surface area contributed by atoms with Crippen LogP contribution in [0.1, 0.15) is 5.56 Å². The molecule has 0 spiro atoms. The molecule has 0 bridgehead atoms. The number of halogens is 2. The predicted octanol–water partition coefficient (Wildman–Crippen LogP) is 5.79. The maximum atomic E-state index is 14.2. The summed E-state index contributed by atoms with van der Waals surface area (Å²) in [4.78, 5) is 14.3. The minimum Gasteiger partial charge on any atom is -0.366 e. The Morgan fingerprint density at radius 2 is 1.63 bits per heavy atom. The van der Waals surface area contributed by atoms with E-state index in [1.807, 2.05) is 12.1 Å². The van der Waals surface area contributed by atoms with Gasteiger partial charge < -0.3 is 9.80 Å². The largest absolute Gasteiger partial charge is 0.366 e. The van der Waals surface area contributed by atoms with Crippen LogP contribution in [0.2, 0.25) is 5.28 Å². The number of hydrogen-bond donors (Lipinski definition) is 0. The van der Waals surface area contributed by atoms with E-state index in [1.54, 1.807) is 17.4 Å². The first-order valence-corrected chi connectivity index (χ1v) is 11.1. The quantitative estimate of drug-likeness (QED) is 0.379. The van der Waals surface area contributed by atoms with Crippen LogP contribution >= 0.6 is 22.9 Å². The van der Waals surface area contributed by atoms with Crippen molar-refractivity contribution in [1.82, 2.24) is 9.97 Å². The highest BCUT2D eigenvalue weighted by molar-refractivity contribution is 7.17. The normalized spacial score (nSPS) is 14.5. The van der Waals surface area contributed by atoms with Crippen LogP contribution in [0, 0.1) is 12.7 Å². The number of fused-ring (bicyclic) bond motifs is 1. The Balaban J connectivity index is 1.49. The molecule has 0 N–H and O–H groups in total. The monoisotopic (exact) mass is 438 g/mol. The molecule has 0 atom stereocenters. The van der Waals surface area contributed by atoms with E-state index in [0.29, 0.717) is 18.8 Å². The van der Waals surface area contributed by atoms with Crippen molar-refractivity contribution < 1.29 is 4.39 Å². The maximum absolute atomic E-state index is 14.2. The van der Waals surface area contributed by atoms with Gasteiger partial charge in [-0.3, -0.25) is 0 Å². The average Bonchev–Trinajstić information content (AvgIpc) is 3.18. The number of hydrogen-bond acceptors (Lipinski definition) is 5. The van der Waals surface area contributed by atoms with Crippen LogP contribution in [-0.4, -0.2) is 36.1 Å². The molecule has 0 saturated carbocycles. The molecule has 5 rings (SSSR count). The molecule has 7 heteroatoms. The van der Waals surface area contributed by atoms with Gasteiger partial charge in [0.15, 0.2) is 0 Å². The molecule has 4 nitrogen and oxygen atoms in total. The van der Waals surface area contributed by atoms with Crippen molar-refractivity contribution in [3.8, 4) is 11.1 Å². The lowest BCUT2D eigenvalue weighted by molar-refractivity contribution is 0.596. The van der Waals surface area contributed by atoms with Crippen molar-refractivity contribution in [1.29, 1.82) is 0 Å². The molecule has 30 heavy (non-hydrogen) atoms. The van der Waals surface area contributed by atoms with Gasteiger partial charge in [-0.1, -0.05) is 42.0 Å². The number of piperazine rings is 1. The Labute approximate surface area is 183 Å². The molecule has 0 aliphatic carbocycles. The zero-order valence-corrected chi connectivity index (χ0v) is 18.1. The first-order chi connectivity index (χ1) is 14.6. The third kappa shape index (κ3) is 3.50. The minimum absolute atomic E-state index is 0.182. The van der Waals surface area contributed by atoms with Crippen molar-refractivity contribution in [2.24, 2.45) is 0 Å². The number of aryl methyl sites for hydroxylation is 1. The van der Waals surface area contributed by atoms with Gasteiger partial charge in [0.05, 0.1) is 11.1 Å². The summed E-state index contributed by atoms with van der Waals surface area (Å²) in [6.45, 7) is 4.99. The van der Waals surface area contributed by atoms with Gasteiger partial charge in [0, 0.05) is 37.1 Å². The van der Waals surface area contributed by atoms with E-state index in [0.717, 1.165) is 40.3 Å². The number of anilines is 2. The van der Waals surface area contributed by atoms with Gasteiger partial charge in [-0.15, -0.1) is 11.3 Å². The van der Waals surface area contributed by atoms with E-state index in [9.17, 15) is 4.39 Å². The Morgan fingerprint density at radius 1 is 0.933 bits per heavy atom. The summed E-state index contributed by atoms with van der Waals surface area (Å²) in [7, 11) is 0. The Kier molecular flexibility index (Phi) is 5.05. The summed E-state index contributed by atoms with van der Waals surface area (Å²) in [5.41, 5.74) is 4.14. The first-order valence-electron chi connectivity index (χ1n) is 9.86. The third-order valence-electron chi connectivity index (χ3n) is 5.52. The molecule has 2 aromatic heterocycles. The lowest BCUT2D eigenvalue weighted by atomic mass is 10.0. The third-order valence-corrected chi connectivity index (χ3v) is 6.56. The number of rotatable bonds is 3. The van der Waals surface area contributed by atoms with Crippen LogP contribution in [0.3, 0.4) is 0 Å². The Morgan fingerprint density at radius 3 is 2.37 bits per heavy atom. The Bertz CT molecular complexity index is 1200. The molecule has 2 aromatic carbocycles. The van der Waals surface area contributed by atoms with Crippen LogP contribution in [0.25, 0.3) is 21.3 Å². The SMILES string of the molecule is Cc1ccc(-c2csc3nc(Cl)nc(N4CCN(c5ccccc5F)CC4)c23)cc1. The van der Waals surface area contributed by atoms with Crippen LogP contribution in [0.5, 0.6) is 0 Å². The van der Waals surface area contributed by atoms with Crippen molar-refractivity contribution in [3.05, 3.63) is 70.6 Å². The van der Waals surface area contributed by atoms with E-state index in [2.05, 4.69) is 56.3 Å². The molecular formula is C23H20ClFN4S. The molecule has 1 aliphatic rings. The summed E-state index contributed by atoms with van der Waals surface area (Å²) in [6.07, 6.45) is 0. The molecule has 1 saturated heterocycles. The summed E-state index contributed by atoms with van der Waals surface area (Å²) in [5, 5.41) is 3.42. The van der Waals surface area contributed by atoms with Gasteiger partial charge in [-0.25, -0.2) is 9.37 Å². The molecule has 0 amide bonds. The molecule has 3 heterocycles. The second kappa shape index (κ2) is 7.85. The van der Waals surface area contributed by atoms with Gasteiger partial charge >= 0.3 is 0 Å². The lowest BCUT2D eigenvalue weighted by Crippen LogP contribution is -2.47. The highest BCUT2D eigenvalue weighted by Crippen LogP contribution is 2.39. The first kappa shape index (κ1) is 19.3. The van der Waals surface area contributed by atoms with Gasteiger partial charge in [-0.05, 0) is 36.2 Å². The van der Waals surface area contributed by atoms with E-state index in [4.69, 9.17) is 11.6 Å². The van der Waals surface area contributed by atoms with Crippen molar-refractivity contribution in [2.45, 2.75) is 6.92 Å². The molecule has 1 aliphatic heterocycles. The molecule has 1 fully saturated rings. The van der Waals surface area contributed by atoms with Crippen LogP contribution in [0.4, 0.5) is 15.9 Å². The van der Waals surface area contributed by atoms with Crippen LogP contribution < -0.4 is 9.80 Å². The van der Waals surface area contributed by atoms with Crippen LogP contribution in [-0.2, 0) is 0 Å². The number of thiophene rings is 1. The summed E-state index contributed by atoms with van der Waals surface area (Å²) < 4.78 is 14.2. The van der Waals surface area contributed by atoms with E-state index >= 15 is 0 Å². The predicted molar refractivity (Wildman–Crippen MR) is 123 cm³/mol. The minimum atomic E-state index is -0.182. The highest BCUT2D eigenvalue weighted by atomic mass is 35.5. The Hall–Kier alpha value is -2.70. The maximum Gasteiger partial charge on any atom is 0.225 e. The second-order valence-electron chi connectivity index (χ2n) is 7.44. The van der Waals surface area contributed by atoms with Gasteiger partial charge in [0.2, 0.25) is 5.28 Å². The molecule has 0 unspecified atom stereocenters. The van der Waals surface area contributed by atoms with E-state index in [-0.39, 0.29) is 11.1 Å². The fourth-order valence-electron chi connectivity index (χ4n) is 3.94. The van der Waals surface area contributed by atoms with Crippen molar-refractivity contribution in [2.75, 3.05) is 36.0 Å². The van der Waals surface area contributed by atoms with Gasteiger partial charge in [-0.2, -0.15) is 4.98 Å². The fourth-order valence-corrected chi connectivity index (χ4v) is 5.10. The molecular weight excluding hydrogens is 419 g/mol. The highest BCUT2D eigenvalue weighted by Gasteiger charge is 2.24. The number of nitrogens with zero attached hydrogens (tertiary/aromatic N) is 4. The van der Waals surface area contributed by atoms with E-state index in [1.165, 1.54) is 11.6 Å². The summed E-state index contributed by atoms with van der Waals surface area (Å²) in [5.74, 6) is 0.674. The lowest BCUT2D eigenvalue weighted by Gasteiger charge is -2.37. The zero-order valence-electron chi connectivity index (χ0n) is 16.5. The van der Waals surface area contributed by atoms with Gasteiger partial charge in [0.1, 0.15) is 16.5 Å². The average molecular weight is 439 g/mol. The molecule has 0 radical (unpaired) electrons. The summed E-state index contributed by atoms with van der Waals surface area (Å²) >= 11 is 7.84. The van der Waals surface area contributed by atoms with Gasteiger partial charge in [0.25, 0.3) is 0 Å². The fraction of sp³-hybridized carbons (Fsp3) is 0.217. The molecule has 4 aromatic rings.